The molecular weight excluding hydrogens is 412 g/mol. The lowest BCUT2D eigenvalue weighted by Gasteiger charge is -2.13. The molecule has 0 aliphatic heterocycles. The predicted molar refractivity (Wildman–Crippen MR) is 122 cm³/mol. The van der Waals surface area contributed by atoms with Crippen LogP contribution in [0.3, 0.4) is 0 Å². The molecule has 1 atom stereocenters. The summed E-state index contributed by atoms with van der Waals surface area (Å²) in [7, 11) is 0. The highest BCUT2D eigenvalue weighted by Gasteiger charge is 2.14. The fourth-order valence-electron chi connectivity index (χ4n) is 3.53. The number of imidazole rings is 1. The summed E-state index contributed by atoms with van der Waals surface area (Å²) < 4.78 is 1.66. The Labute approximate surface area is 182 Å². The van der Waals surface area contributed by atoms with E-state index in [4.69, 9.17) is 11.6 Å². The summed E-state index contributed by atoms with van der Waals surface area (Å²) in [6.07, 6.45) is 1.72. The van der Waals surface area contributed by atoms with E-state index in [0.717, 1.165) is 27.8 Å². The van der Waals surface area contributed by atoms with Crippen LogP contribution in [0.15, 0.2) is 71.7 Å². The molecule has 2 aromatic carbocycles. The third-order valence-electron chi connectivity index (χ3n) is 5.13. The fraction of sp³-hybridized carbons (Fsp3) is 0.130. The molecule has 5 aromatic rings. The summed E-state index contributed by atoms with van der Waals surface area (Å²) >= 11 is 6.06. The van der Waals surface area contributed by atoms with Gasteiger partial charge in [-0.1, -0.05) is 41.9 Å². The Bertz CT molecular complexity index is 1440. The maximum absolute atomic E-state index is 12.6. The Hall–Kier alpha value is -3.71. The summed E-state index contributed by atoms with van der Waals surface area (Å²) in [6.45, 7) is 2.41. The molecule has 3 heterocycles. The van der Waals surface area contributed by atoms with Crippen LogP contribution in [0.5, 0.6) is 0 Å². The van der Waals surface area contributed by atoms with Gasteiger partial charge in [-0.05, 0) is 36.8 Å². The number of benzene rings is 2. The molecule has 5 rings (SSSR count). The van der Waals surface area contributed by atoms with E-state index < -0.39 is 0 Å². The highest BCUT2D eigenvalue weighted by Crippen LogP contribution is 2.22. The number of H-pyrrole nitrogens is 1. The lowest BCUT2D eigenvalue weighted by atomic mass is 10.2. The normalized spacial score (nSPS) is 12.3. The maximum atomic E-state index is 12.6. The van der Waals surface area contributed by atoms with Crippen LogP contribution in [0.2, 0.25) is 5.02 Å². The second-order valence-electron chi connectivity index (χ2n) is 7.37. The zero-order valence-corrected chi connectivity index (χ0v) is 17.5. The van der Waals surface area contributed by atoms with Gasteiger partial charge >= 0.3 is 0 Å². The van der Waals surface area contributed by atoms with Crippen molar-refractivity contribution in [3.63, 3.8) is 0 Å². The molecule has 0 amide bonds. The van der Waals surface area contributed by atoms with E-state index in [9.17, 15) is 4.79 Å². The van der Waals surface area contributed by atoms with E-state index >= 15 is 0 Å². The summed E-state index contributed by atoms with van der Waals surface area (Å²) in [4.78, 5) is 29.5. The number of pyridine rings is 1. The number of aromatic nitrogens is 5. The number of nitrogens with zero attached hydrogens (tertiary/aromatic N) is 4. The molecule has 0 radical (unpaired) electrons. The molecule has 3 aromatic heterocycles. The molecule has 8 heteroatoms. The molecule has 0 saturated heterocycles. The van der Waals surface area contributed by atoms with Gasteiger partial charge in [0.25, 0.3) is 5.56 Å². The van der Waals surface area contributed by atoms with Crippen LogP contribution in [0.1, 0.15) is 24.4 Å². The Balaban J connectivity index is 1.48. The first-order chi connectivity index (χ1) is 15.1. The van der Waals surface area contributed by atoms with Gasteiger partial charge in [0.2, 0.25) is 5.95 Å². The summed E-state index contributed by atoms with van der Waals surface area (Å²) in [5.74, 6) is 1.17. The highest BCUT2D eigenvalue weighted by atomic mass is 35.5. The van der Waals surface area contributed by atoms with Gasteiger partial charge in [-0.2, -0.15) is 4.98 Å². The van der Waals surface area contributed by atoms with Gasteiger partial charge < -0.3 is 10.3 Å². The molecule has 0 aliphatic carbocycles. The van der Waals surface area contributed by atoms with E-state index in [1.165, 1.54) is 0 Å². The van der Waals surface area contributed by atoms with Crippen LogP contribution in [-0.4, -0.2) is 24.5 Å². The van der Waals surface area contributed by atoms with Crippen molar-refractivity contribution >= 4 is 39.6 Å². The Morgan fingerprint density at radius 1 is 1.10 bits per heavy atom. The molecule has 0 unspecified atom stereocenters. The van der Waals surface area contributed by atoms with Crippen molar-refractivity contribution in [1.29, 1.82) is 0 Å². The molecule has 0 aliphatic rings. The number of hydrogen-bond donors (Lipinski definition) is 2. The summed E-state index contributed by atoms with van der Waals surface area (Å²) in [6, 6.07) is 18.5. The van der Waals surface area contributed by atoms with Crippen molar-refractivity contribution in [2.45, 2.75) is 19.5 Å². The van der Waals surface area contributed by atoms with E-state index in [-0.39, 0.29) is 11.6 Å². The van der Waals surface area contributed by atoms with E-state index in [2.05, 4.69) is 25.3 Å². The fourth-order valence-corrected chi connectivity index (χ4v) is 3.69. The first kappa shape index (κ1) is 19.3. The van der Waals surface area contributed by atoms with Crippen molar-refractivity contribution in [2.24, 2.45) is 0 Å². The monoisotopic (exact) mass is 430 g/mol. The minimum absolute atomic E-state index is 0.108. The number of fused-ring (bicyclic) bond motifs is 2. The second-order valence-corrected chi connectivity index (χ2v) is 7.80. The van der Waals surface area contributed by atoms with Crippen molar-refractivity contribution in [3.8, 4) is 0 Å². The van der Waals surface area contributed by atoms with Gasteiger partial charge in [0.1, 0.15) is 11.5 Å². The zero-order chi connectivity index (χ0) is 21.4. The van der Waals surface area contributed by atoms with Gasteiger partial charge in [-0.25, -0.2) is 9.97 Å². The molecule has 0 fully saturated rings. The standard InChI is InChI=1S/C23H19ClN6O/c1-14(21-27-18-9-8-17(24)11-19(18)28-21)26-23-25-12-16-7-10-20(31)30(22(16)29-23)13-15-5-3-2-4-6-15/h2-12,14H,13H2,1H3,(H,27,28)(H,25,26,29)/t14-/m0/s1. The average molecular weight is 431 g/mol. The average Bonchev–Trinajstić information content (AvgIpc) is 3.20. The first-order valence-corrected chi connectivity index (χ1v) is 10.3. The molecule has 0 saturated carbocycles. The lowest BCUT2D eigenvalue weighted by molar-refractivity contribution is 0.773. The number of nitrogens with one attached hydrogen (secondary N) is 2. The van der Waals surface area contributed by atoms with Gasteiger partial charge in [-0.15, -0.1) is 0 Å². The number of anilines is 1. The van der Waals surface area contributed by atoms with Crippen molar-refractivity contribution < 1.29 is 0 Å². The number of hydrogen-bond acceptors (Lipinski definition) is 5. The van der Waals surface area contributed by atoms with Crippen LogP contribution >= 0.6 is 11.6 Å². The minimum atomic E-state index is -0.179. The lowest BCUT2D eigenvalue weighted by Crippen LogP contribution is -2.21. The SMILES string of the molecule is C[C@H](Nc1ncc2ccc(=O)n(Cc3ccccc3)c2n1)c1nc2cc(Cl)ccc2[nH]1. The Morgan fingerprint density at radius 3 is 2.77 bits per heavy atom. The second kappa shape index (κ2) is 7.85. The Morgan fingerprint density at radius 2 is 1.94 bits per heavy atom. The van der Waals surface area contributed by atoms with Crippen LogP contribution in [0.25, 0.3) is 22.1 Å². The molecule has 0 bridgehead atoms. The topological polar surface area (TPSA) is 88.5 Å². The highest BCUT2D eigenvalue weighted by molar-refractivity contribution is 6.31. The van der Waals surface area contributed by atoms with Crippen molar-refractivity contribution in [2.75, 3.05) is 5.32 Å². The predicted octanol–water partition coefficient (Wildman–Crippen LogP) is 4.54. The third kappa shape index (κ3) is 3.87. The molecular formula is C23H19ClN6O. The van der Waals surface area contributed by atoms with Gasteiger partial charge in [-0.3, -0.25) is 9.36 Å². The molecule has 0 spiro atoms. The molecule has 154 valence electrons. The smallest absolute Gasteiger partial charge is 0.252 e. The largest absolute Gasteiger partial charge is 0.344 e. The van der Waals surface area contributed by atoms with Gasteiger partial charge in [0.05, 0.1) is 23.6 Å². The number of rotatable bonds is 5. The molecule has 2 N–H and O–H groups in total. The van der Waals surface area contributed by atoms with Crippen LogP contribution in [-0.2, 0) is 6.54 Å². The number of halogens is 1. The van der Waals surface area contributed by atoms with Gasteiger partial charge in [0, 0.05) is 22.7 Å². The van der Waals surface area contributed by atoms with Crippen LogP contribution < -0.4 is 10.9 Å². The van der Waals surface area contributed by atoms with Crippen LogP contribution in [0, 0.1) is 0 Å². The van der Waals surface area contributed by atoms with Crippen LogP contribution in [0.4, 0.5) is 5.95 Å². The molecule has 31 heavy (non-hydrogen) atoms. The third-order valence-corrected chi connectivity index (χ3v) is 5.36. The van der Waals surface area contributed by atoms with E-state index in [1.54, 1.807) is 22.9 Å². The summed E-state index contributed by atoms with van der Waals surface area (Å²) in [5, 5.41) is 4.71. The minimum Gasteiger partial charge on any atom is -0.344 e. The molecule has 7 nitrogen and oxygen atoms in total. The Kier molecular flexibility index (Phi) is 4.88. The maximum Gasteiger partial charge on any atom is 0.252 e. The number of aromatic amines is 1. The summed E-state index contributed by atoms with van der Waals surface area (Å²) in [5.41, 5.74) is 3.21. The van der Waals surface area contributed by atoms with Gasteiger partial charge in [0.15, 0.2) is 0 Å². The zero-order valence-electron chi connectivity index (χ0n) is 16.7. The first-order valence-electron chi connectivity index (χ1n) is 9.89. The van der Waals surface area contributed by atoms with E-state index in [1.807, 2.05) is 55.5 Å². The van der Waals surface area contributed by atoms with Crippen molar-refractivity contribution in [1.82, 2.24) is 24.5 Å². The van der Waals surface area contributed by atoms with Crippen molar-refractivity contribution in [3.05, 3.63) is 93.6 Å². The quantitative estimate of drug-likeness (QED) is 0.427. The van der Waals surface area contributed by atoms with E-state index in [0.29, 0.717) is 23.2 Å².